The molecule has 0 atom stereocenters. The molecule has 0 aliphatic heterocycles. The second-order valence-electron chi connectivity index (χ2n) is 6.95. The van der Waals surface area contributed by atoms with Crippen molar-refractivity contribution in [2.75, 3.05) is 11.1 Å². The van der Waals surface area contributed by atoms with Gasteiger partial charge >= 0.3 is 5.63 Å². The van der Waals surface area contributed by atoms with Gasteiger partial charge in [0.1, 0.15) is 5.58 Å². The molecule has 1 N–H and O–H groups in total. The largest absolute Gasteiger partial charge is 0.422 e. The van der Waals surface area contributed by atoms with Crippen molar-refractivity contribution in [3.63, 3.8) is 0 Å². The third kappa shape index (κ3) is 4.73. The van der Waals surface area contributed by atoms with E-state index in [9.17, 15) is 18.0 Å². The normalized spacial score (nSPS) is 11.5. The molecule has 0 spiro atoms. The van der Waals surface area contributed by atoms with Gasteiger partial charge < -0.3 is 9.73 Å². The Morgan fingerprint density at radius 1 is 1.13 bits per heavy atom. The minimum atomic E-state index is -3.56. The van der Waals surface area contributed by atoms with Crippen molar-refractivity contribution in [3.8, 4) is 11.3 Å². The van der Waals surface area contributed by atoms with Gasteiger partial charge in [-0.25, -0.2) is 18.2 Å². The number of para-hydroxylation sites is 1. The Kier molecular flexibility index (Phi) is 5.71. The number of nitrogens with one attached hydrogen (secondary N) is 1. The number of thiazole rings is 1. The second-order valence-corrected chi connectivity index (χ2v) is 9.92. The summed E-state index contributed by atoms with van der Waals surface area (Å²) in [6.07, 6.45) is -0.205. The highest BCUT2D eigenvalue weighted by molar-refractivity contribution is 7.91. The quantitative estimate of drug-likeness (QED) is 0.441. The van der Waals surface area contributed by atoms with Gasteiger partial charge in [0.25, 0.3) is 0 Å². The van der Waals surface area contributed by atoms with Gasteiger partial charge in [-0.15, -0.1) is 11.3 Å². The first-order valence-electron chi connectivity index (χ1n) is 9.40. The number of hydrogen-bond donors (Lipinski definition) is 1. The lowest BCUT2D eigenvalue weighted by molar-refractivity contribution is -0.115. The van der Waals surface area contributed by atoms with Crippen molar-refractivity contribution in [2.24, 2.45) is 0 Å². The Bertz CT molecular complexity index is 1420. The smallest absolute Gasteiger partial charge is 0.345 e. The van der Waals surface area contributed by atoms with Crippen LogP contribution in [-0.2, 0) is 14.6 Å². The van der Waals surface area contributed by atoms with Crippen molar-refractivity contribution >= 4 is 43.2 Å². The van der Waals surface area contributed by atoms with E-state index in [1.807, 2.05) is 19.1 Å². The van der Waals surface area contributed by atoms with Gasteiger partial charge in [0.2, 0.25) is 5.91 Å². The molecule has 9 heteroatoms. The fourth-order valence-corrected chi connectivity index (χ4v) is 4.93. The summed E-state index contributed by atoms with van der Waals surface area (Å²) >= 11 is 1.15. The number of aryl methyl sites for hydroxylation is 1. The molecule has 2 aromatic heterocycles. The predicted molar refractivity (Wildman–Crippen MR) is 120 cm³/mol. The van der Waals surface area contributed by atoms with Crippen LogP contribution in [0, 0.1) is 6.92 Å². The maximum atomic E-state index is 12.4. The van der Waals surface area contributed by atoms with E-state index in [1.165, 1.54) is 12.1 Å². The molecule has 0 radical (unpaired) electrons. The van der Waals surface area contributed by atoms with E-state index in [0.29, 0.717) is 11.3 Å². The first-order valence-corrected chi connectivity index (χ1v) is 11.9. The average Bonchev–Trinajstić information content (AvgIpc) is 3.20. The topological polar surface area (TPSA) is 106 Å². The second kappa shape index (κ2) is 8.44. The summed E-state index contributed by atoms with van der Waals surface area (Å²) in [6, 6.07) is 15.3. The summed E-state index contributed by atoms with van der Waals surface area (Å²) in [4.78, 5) is 29.0. The molecule has 31 heavy (non-hydrogen) atoms. The SMILES string of the molecule is Cc1ccc(S(=O)(=O)CCC(=O)Nc2nc(-c3cc4ccccc4oc3=O)cs2)cc1. The molecule has 0 saturated carbocycles. The number of hydrogen-bond acceptors (Lipinski definition) is 7. The van der Waals surface area contributed by atoms with Crippen LogP contribution < -0.4 is 10.9 Å². The highest BCUT2D eigenvalue weighted by Crippen LogP contribution is 2.25. The number of rotatable bonds is 6. The standard InChI is InChI=1S/C22H18N2O5S2/c1-14-6-8-16(9-7-14)31(27,28)11-10-20(25)24-22-23-18(13-30-22)17-12-15-4-2-3-5-19(15)29-21(17)26/h2-9,12-13H,10-11H2,1H3,(H,23,24,25). The number of fused-ring (bicyclic) bond motifs is 1. The summed E-state index contributed by atoms with van der Waals surface area (Å²) in [5.41, 5.74) is 1.59. The van der Waals surface area contributed by atoms with Crippen LogP contribution in [0.1, 0.15) is 12.0 Å². The van der Waals surface area contributed by atoms with Gasteiger partial charge in [0.05, 0.1) is 21.9 Å². The van der Waals surface area contributed by atoms with Crippen LogP contribution in [0.3, 0.4) is 0 Å². The van der Waals surface area contributed by atoms with Crippen LogP contribution >= 0.6 is 11.3 Å². The number of aromatic nitrogens is 1. The Morgan fingerprint density at radius 3 is 2.65 bits per heavy atom. The van der Waals surface area contributed by atoms with Gasteiger partial charge in [0, 0.05) is 17.2 Å². The third-order valence-electron chi connectivity index (χ3n) is 4.65. The molecule has 4 rings (SSSR count). The molecule has 0 fully saturated rings. The number of carbonyl (C=O) groups is 1. The minimum absolute atomic E-state index is 0.186. The maximum absolute atomic E-state index is 12.4. The molecule has 0 bridgehead atoms. The summed E-state index contributed by atoms with van der Waals surface area (Å²) < 4.78 is 30.1. The highest BCUT2D eigenvalue weighted by atomic mass is 32.2. The van der Waals surface area contributed by atoms with Crippen molar-refractivity contribution < 1.29 is 17.6 Å². The summed E-state index contributed by atoms with van der Waals surface area (Å²) in [6.45, 7) is 1.87. The van der Waals surface area contributed by atoms with Gasteiger partial charge in [-0.2, -0.15) is 0 Å². The molecular weight excluding hydrogens is 436 g/mol. The Labute approximate surface area is 182 Å². The summed E-state index contributed by atoms with van der Waals surface area (Å²) in [7, 11) is -3.56. The number of sulfone groups is 1. The van der Waals surface area contributed by atoms with Crippen LogP contribution in [0.5, 0.6) is 0 Å². The van der Waals surface area contributed by atoms with Crippen LogP contribution in [0.25, 0.3) is 22.2 Å². The van der Waals surface area contributed by atoms with Crippen molar-refractivity contribution in [1.29, 1.82) is 0 Å². The molecule has 0 aliphatic rings. The average molecular weight is 455 g/mol. The lowest BCUT2D eigenvalue weighted by Gasteiger charge is -2.05. The molecule has 2 heterocycles. The number of carbonyl (C=O) groups excluding carboxylic acids is 1. The summed E-state index contributed by atoms with van der Waals surface area (Å²) in [5, 5.41) is 5.27. The Morgan fingerprint density at radius 2 is 1.87 bits per heavy atom. The third-order valence-corrected chi connectivity index (χ3v) is 7.14. The van der Waals surface area contributed by atoms with E-state index in [-0.39, 0.29) is 27.8 Å². The zero-order chi connectivity index (χ0) is 22.0. The van der Waals surface area contributed by atoms with Gasteiger partial charge in [-0.05, 0) is 31.2 Å². The van der Waals surface area contributed by atoms with Crippen LogP contribution in [0.4, 0.5) is 5.13 Å². The monoisotopic (exact) mass is 454 g/mol. The number of anilines is 1. The zero-order valence-corrected chi connectivity index (χ0v) is 18.1. The summed E-state index contributed by atoms with van der Waals surface area (Å²) in [5.74, 6) is -0.781. The lowest BCUT2D eigenvalue weighted by atomic mass is 10.1. The molecular formula is C22H18N2O5S2. The molecule has 4 aromatic rings. The van der Waals surface area contributed by atoms with Gasteiger partial charge in [-0.3, -0.25) is 4.79 Å². The van der Waals surface area contributed by atoms with E-state index in [4.69, 9.17) is 4.42 Å². The van der Waals surface area contributed by atoms with Crippen molar-refractivity contribution in [3.05, 3.63) is 76.0 Å². The molecule has 7 nitrogen and oxygen atoms in total. The number of benzene rings is 2. The molecule has 0 aliphatic carbocycles. The van der Waals surface area contributed by atoms with Crippen LogP contribution in [0.15, 0.2) is 74.1 Å². The fraction of sp³-hybridized carbons (Fsp3) is 0.136. The van der Waals surface area contributed by atoms with E-state index < -0.39 is 21.4 Å². The van der Waals surface area contributed by atoms with E-state index in [0.717, 1.165) is 22.3 Å². The van der Waals surface area contributed by atoms with Gasteiger partial charge in [-0.1, -0.05) is 35.9 Å². The van der Waals surface area contributed by atoms with Crippen LogP contribution in [-0.4, -0.2) is 25.1 Å². The highest BCUT2D eigenvalue weighted by Gasteiger charge is 2.18. The molecule has 2 aromatic carbocycles. The van der Waals surface area contributed by atoms with Gasteiger partial charge in [0.15, 0.2) is 15.0 Å². The zero-order valence-electron chi connectivity index (χ0n) is 16.5. The minimum Gasteiger partial charge on any atom is -0.422 e. The maximum Gasteiger partial charge on any atom is 0.345 e. The molecule has 0 saturated heterocycles. The van der Waals surface area contributed by atoms with Crippen molar-refractivity contribution in [2.45, 2.75) is 18.2 Å². The fourth-order valence-electron chi connectivity index (χ4n) is 2.97. The number of amides is 1. The molecule has 158 valence electrons. The Balaban J connectivity index is 1.44. The first-order chi connectivity index (χ1) is 14.8. The number of nitrogens with zero attached hydrogens (tertiary/aromatic N) is 1. The molecule has 1 amide bonds. The first kappa shape index (κ1) is 21.0. The van der Waals surface area contributed by atoms with Crippen LogP contribution in [0.2, 0.25) is 0 Å². The predicted octanol–water partition coefficient (Wildman–Crippen LogP) is 4.03. The Hall–Kier alpha value is -3.30. The van der Waals surface area contributed by atoms with E-state index >= 15 is 0 Å². The van der Waals surface area contributed by atoms with E-state index in [1.54, 1.807) is 35.7 Å². The van der Waals surface area contributed by atoms with Crippen molar-refractivity contribution in [1.82, 2.24) is 4.98 Å². The molecule has 0 unspecified atom stereocenters. The lowest BCUT2D eigenvalue weighted by Crippen LogP contribution is -2.17. The van der Waals surface area contributed by atoms with E-state index in [2.05, 4.69) is 10.3 Å².